The first-order chi connectivity index (χ1) is 14.0. The number of fused-ring (bicyclic) bond motifs is 4. The van der Waals surface area contributed by atoms with Gasteiger partial charge in [0.1, 0.15) is 0 Å². The van der Waals surface area contributed by atoms with Gasteiger partial charge in [0.05, 0.1) is 31.4 Å². The van der Waals surface area contributed by atoms with Crippen molar-refractivity contribution in [3.05, 3.63) is 34.3 Å². The van der Waals surface area contributed by atoms with E-state index in [1.807, 2.05) is 16.7 Å². The number of benzene rings is 2. The highest BCUT2D eigenvalue weighted by Crippen LogP contribution is 2.43. The number of guanidine groups is 1. The highest BCUT2D eigenvalue weighted by Gasteiger charge is 2.29. The number of phenols is 1. The van der Waals surface area contributed by atoms with Crippen LogP contribution in [0.3, 0.4) is 0 Å². The SMILES string of the molecule is COc1cc(Br)cc(C2N=C(N)Nc3nc4cc5c(cc4n32)OCCCO5)c1O. The molecule has 0 saturated heterocycles. The minimum atomic E-state index is -0.646. The van der Waals surface area contributed by atoms with E-state index in [4.69, 9.17) is 19.9 Å². The minimum Gasteiger partial charge on any atom is -0.504 e. The van der Waals surface area contributed by atoms with Gasteiger partial charge < -0.3 is 25.1 Å². The fourth-order valence-electron chi connectivity index (χ4n) is 3.58. The molecule has 9 nitrogen and oxygen atoms in total. The van der Waals surface area contributed by atoms with Crippen LogP contribution in [0.25, 0.3) is 11.0 Å². The maximum absolute atomic E-state index is 10.8. The first-order valence-electron chi connectivity index (χ1n) is 9.03. The zero-order valence-corrected chi connectivity index (χ0v) is 17.1. The fourth-order valence-corrected chi connectivity index (χ4v) is 4.03. The number of nitrogens with two attached hydrogens (primary N) is 1. The van der Waals surface area contributed by atoms with Crippen molar-refractivity contribution in [2.24, 2.45) is 10.7 Å². The average molecular weight is 460 g/mol. The van der Waals surface area contributed by atoms with Gasteiger partial charge in [-0.25, -0.2) is 9.98 Å². The second-order valence-electron chi connectivity index (χ2n) is 6.70. The van der Waals surface area contributed by atoms with Crippen molar-refractivity contribution < 1.29 is 19.3 Å². The van der Waals surface area contributed by atoms with Crippen LogP contribution in [0, 0.1) is 0 Å². The summed E-state index contributed by atoms with van der Waals surface area (Å²) < 4.78 is 19.5. The maximum Gasteiger partial charge on any atom is 0.212 e. The lowest BCUT2D eigenvalue weighted by molar-refractivity contribution is 0.297. The number of ether oxygens (including phenoxy) is 3. The largest absolute Gasteiger partial charge is 0.504 e. The van der Waals surface area contributed by atoms with E-state index in [1.54, 1.807) is 12.1 Å². The Balaban J connectivity index is 1.74. The summed E-state index contributed by atoms with van der Waals surface area (Å²) in [5.41, 5.74) is 8.01. The fraction of sp³-hybridized carbons (Fsp3) is 0.263. The number of aromatic hydroxyl groups is 1. The Labute approximate surface area is 174 Å². The Hall–Kier alpha value is -3.14. The second kappa shape index (κ2) is 6.73. The topological polar surface area (TPSA) is 116 Å². The highest BCUT2D eigenvalue weighted by atomic mass is 79.9. The van der Waals surface area contributed by atoms with Crippen molar-refractivity contribution in [2.45, 2.75) is 12.6 Å². The second-order valence-corrected chi connectivity index (χ2v) is 7.62. The first-order valence-corrected chi connectivity index (χ1v) is 9.82. The number of aromatic nitrogens is 2. The molecule has 4 N–H and O–H groups in total. The lowest BCUT2D eigenvalue weighted by Crippen LogP contribution is -2.31. The summed E-state index contributed by atoms with van der Waals surface area (Å²) in [4.78, 5) is 9.17. The van der Waals surface area contributed by atoms with Crippen LogP contribution in [-0.4, -0.2) is 40.9 Å². The smallest absolute Gasteiger partial charge is 0.212 e. The van der Waals surface area contributed by atoms with Gasteiger partial charge in [0, 0.05) is 28.6 Å². The molecule has 2 aliphatic rings. The maximum atomic E-state index is 10.8. The molecule has 1 unspecified atom stereocenters. The Morgan fingerprint density at radius 2 is 2.00 bits per heavy atom. The van der Waals surface area contributed by atoms with E-state index >= 15 is 0 Å². The molecule has 10 heteroatoms. The summed E-state index contributed by atoms with van der Waals surface area (Å²) in [6.07, 6.45) is 0.168. The van der Waals surface area contributed by atoms with E-state index in [9.17, 15) is 5.11 Å². The normalized spacial score (nSPS) is 17.9. The molecule has 1 atom stereocenters. The predicted octanol–water partition coefficient (Wildman–Crippen LogP) is 2.96. The quantitative estimate of drug-likeness (QED) is 0.539. The molecule has 1 aromatic heterocycles. The molecule has 5 rings (SSSR count). The standard InChI is InChI=1S/C19H18BrN5O4/c1-27-15-6-9(20)5-10(16(15)26)17-23-18(21)24-19-22-11-7-13-14(8-12(11)25(17)19)29-4-2-3-28-13/h5-8,17,26H,2-4H2,1H3,(H3,21,22,23,24). The number of halogens is 1. The van der Waals surface area contributed by atoms with Gasteiger partial charge in [-0.2, -0.15) is 0 Å². The molecule has 2 aromatic carbocycles. The number of nitrogens with one attached hydrogen (secondary N) is 1. The zero-order chi connectivity index (χ0) is 20.1. The van der Waals surface area contributed by atoms with E-state index < -0.39 is 6.17 Å². The molecule has 0 aliphatic carbocycles. The summed E-state index contributed by atoms with van der Waals surface area (Å²) in [5, 5.41) is 13.7. The monoisotopic (exact) mass is 459 g/mol. The van der Waals surface area contributed by atoms with Gasteiger partial charge in [-0.05, 0) is 12.1 Å². The van der Waals surface area contributed by atoms with Gasteiger partial charge in [-0.1, -0.05) is 15.9 Å². The molecule has 3 aromatic rings. The van der Waals surface area contributed by atoms with E-state index in [2.05, 4.69) is 31.2 Å². The Morgan fingerprint density at radius 1 is 1.24 bits per heavy atom. The van der Waals surface area contributed by atoms with E-state index in [1.165, 1.54) is 7.11 Å². The molecule has 0 fully saturated rings. The molecule has 0 bridgehead atoms. The van der Waals surface area contributed by atoms with Gasteiger partial charge >= 0.3 is 0 Å². The Bertz CT molecular complexity index is 1160. The van der Waals surface area contributed by atoms with Gasteiger partial charge in [-0.3, -0.25) is 9.88 Å². The number of hydrogen-bond acceptors (Lipinski definition) is 8. The molecule has 0 radical (unpaired) electrons. The van der Waals surface area contributed by atoms with Crippen LogP contribution < -0.4 is 25.3 Å². The van der Waals surface area contributed by atoms with Crippen molar-refractivity contribution >= 4 is 38.9 Å². The van der Waals surface area contributed by atoms with Crippen LogP contribution in [0.4, 0.5) is 5.95 Å². The molecule has 3 heterocycles. The van der Waals surface area contributed by atoms with Crippen molar-refractivity contribution in [3.8, 4) is 23.0 Å². The van der Waals surface area contributed by atoms with Gasteiger partial charge in [0.2, 0.25) is 5.95 Å². The third kappa shape index (κ3) is 2.91. The van der Waals surface area contributed by atoms with E-state index in [-0.39, 0.29) is 11.7 Å². The van der Waals surface area contributed by atoms with Crippen LogP contribution in [-0.2, 0) is 0 Å². The van der Waals surface area contributed by atoms with Crippen molar-refractivity contribution in [1.82, 2.24) is 9.55 Å². The van der Waals surface area contributed by atoms with Crippen molar-refractivity contribution in [2.75, 3.05) is 25.6 Å². The minimum absolute atomic E-state index is 0.0127. The van der Waals surface area contributed by atoms with E-state index in [0.717, 1.165) is 16.4 Å². The van der Waals surface area contributed by atoms with E-state index in [0.29, 0.717) is 47.5 Å². The average Bonchev–Trinajstić information content (AvgIpc) is 2.88. The molecule has 2 aliphatic heterocycles. The van der Waals surface area contributed by atoms with Crippen LogP contribution in [0.2, 0.25) is 0 Å². The Morgan fingerprint density at radius 3 is 2.76 bits per heavy atom. The summed E-state index contributed by atoms with van der Waals surface area (Å²) >= 11 is 3.46. The summed E-state index contributed by atoms with van der Waals surface area (Å²) in [7, 11) is 1.50. The number of rotatable bonds is 2. The third-order valence-corrected chi connectivity index (χ3v) is 5.33. The summed E-state index contributed by atoms with van der Waals surface area (Å²) in [6, 6.07) is 7.19. The summed E-state index contributed by atoms with van der Waals surface area (Å²) in [5.74, 6) is 2.33. The van der Waals surface area contributed by atoms with Crippen LogP contribution in [0.1, 0.15) is 18.2 Å². The number of phenolic OH excluding ortho intramolecular Hbond substituents is 1. The van der Waals surface area contributed by atoms with Crippen molar-refractivity contribution in [3.63, 3.8) is 0 Å². The number of aliphatic imine (C=N–C) groups is 1. The Kier molecular flexibility index (Phi) is 4.16. The lowest BCUT2D eigenvalue weighted by Gasteiger charge is -2.25. The highest BCUT2D eigenvalue weighted by molar-refractivity contribution is 9.10. The molecule has 0 spiro atoms. The number of nitrogens with zero attached hydrogens (tertiary/aromatic N) is 3. The van der Waals surface area contributed by atoms with Gasteiger partial charge in [0.15, 0.2) is 35.1 Å². The lowest BCUT2D eigenvalue weighted by atomic mass is 10.1. The van der Waals surface area contributed by atoms with Gasteiger partial charge in [0.25, 0.3) is 0 Å². The molecule has 0 amide bonds. The molecule has 0 saturated carbocycles. The van der Waals surface area contributed by atoms with Crippen molar-refractivity contribution in [1.29, 1.82) is 0 Å². The third-order valence-electron chi connectivity index (χ3n) is 4.87. The number of methoxy groups -OCH3 is 1. The van der Waals surface area contributed by atoms with Gasteiger partial charge in [-0.15, -0.1) is 0 Å². The molecular formula is C19H18BrN5O4. The molecule has 150 valence electrons. The summed E-state index contributed by atoms with van der Waals surface area (Å²) in [6.45, 7) is 1.17. The number of anilines is 1. The van der Waals surface area contributed by atoms with Crippen LogP contribution in [0.5, 0.6) is 23.0 Å². The molecular weight excluding hydrogens is 442 g/mol. The number of hydrogen-bond donors (Lipinski definition) is 3. The van der Waals surface area contributed by atoms with Crippen LogP contribution in [0.15, 0.2) is 33.7 Å². The number of imidazole rings is 1. The first kappa shape index (κ1) is 17.9. The predicted molar refractivity (Wildman–Crippen MR) is 111 cm³/mol. The molecule has 29 heavy (non-hydrogen) atoms. The zero-order valence-electron chi connectivity index (χ0n) is 15.5. The van der Waals surface area contributed by atoms with Crippen LogP contribution >= 0.6 is 15.9 Å².